The summed E-state index contributed by atoms with van der Waals surface area (Å²) in [5, 5.41) is 4.03. The zero-order chi connectivity index (χ0) is 12.1. The number of methoxy groups -OCH3 is 1. The number of pyridine rings is 1. The number of aromatic nitrogens is 1. The number of thioether (sulfide) groups is 2. The molecule has 0 spiro atoms. The van der Waals surface area contributed by atoms with Gasteiger partial charge in [-0.15, -0.1) is 0 Å². The number of ether oxygens (including phenoxy) is 1. The summed E-state index contributed by atoms with van der Waals surface area (Å²) in [4.78, 5) is 4.24. The molecule has 1 saturated heterocycles. The molecule has 17 heavy (non-hydrogen) atoms. The molecule has 0 aliphatic carbocycles. The molecule has 2 unspecified atom stereocenters. The molecule has 0 aromatic carbocycles. The molecular formula is C12H18N2OS2. The van der Waals surface area contributed by atoms with Gasteiger partial charge < -0.3 is 10.1 Å². The lowest BCUT2D eigenvalue weighted by atomic mass is 10.1. The highest BCUT2D eigenvalue weighted by molar-refractivity contribution is 8.06. The van der Waals surface area contributed by atoms with Crippen LogP contribution >= 0.6 is 23.5 Å². The van der Waals surface area contributed by atoms with Crippen molar-refractivity contribution in [2.45, 2.75) is 11.3 Å². The molecule has 2 atom stereocenters. The van der Waals surface area contributed by atoms with Gasteiger partial charge in [-0.05, 0) is 18.7 Å². The fourth-order valence-electron chi connectivity index (χ4n) is 1.98. The molecule has 0 radical (unpaired) electrons. The van der Waals surface area contributed by atoms with Gasteiger partial charge >= 0.3 is 0 Å². The van der Waals surface area contributed by atoms with E-state index in [-0.39, 0.29) is 0 Å². The van der Waals surface area contributed by atoms with Crippen LogP contribution in [-0.4, -0.2) is 41.6 Å². The Kier molecular flexibility index (Phi) is 5.00. The number of rotatable bonds is 4. The molecule has 2 rings (SSSR count). The fourth-order valence-corrected chi connectivity index (χ4v) is 4.89. The first-order chi connectivity index (χ1) is 8.35. The summed E-state index contributed by atoms with van der Waals surface area (Å²) < 4.78 is 5.23. The molecule has 2 heterocycles. The predicted octanol–water partition coefficient (Wildman–Crippen LogP) is 2.20. The van der Waals surface area contributed by atoms with Crippen LogP contribution in [0.4, 0.5) is 0 Å². The molecule has 5 heteroatoms. The van der Waals surface area contributed by atoms with E-state index >= 15 is 0 Å². The highest BCUT2D eigenvalue weighted by Gasteiger charge is 2.25. The Morgan fingerprint density at radius 2 is 2.35 bits per heavy atom. The van der Waals surface area contributed by atoms with Crippen LogP contribution in [0.2, 0.25) is 0 Å². The fraction of sp³-hybridized carbons (Fsp3) is 0.583. The van der Waals surface area contributed by atoms with E-state index in [4.69, 9.17) is 4.74 Å². The molecule has 0 bridgehead atoms. The number of hydrogen-bond acceptors (Lipinski definition) is 5. The SMILES string of the molecule is CNC(c1cncc(OC)c1)C1CSCCS1. The third-order valence-electron chi connectivity index (χ3n) is 2.85. The van der Waals surface area contributed by atoms with Crippen molar-refractivity contribution >= 4 is 23.5 Å². The lowest BCUT2D eigenvalue weighted by molar-refractivity contribution is 0.411. The molecule has 0 amide bonds. The van der Waals surface area contributed by atoms with Crippen LogP contribution in [0.25, 0.3) is 0 Å². The van der Waals surface area contributed by atoms with E-state index in [0.717, 1.165) is 5.75 Å². The van der Waals surface area contributed by atoms with Crippen LogP contribution < -0.4 is 10.1 Å². The maximum Gasteiger partial charge on any atom is 0.137 e. The molecule has 1 aliphatic heterocycles. The smallest absolute Gasteiger partial charge is 0.137 e. The molecule has 1 aromatic heterocycles. The number of nitrogens with zero attached hydrogens (tertiary/aromatic N) is 1. The average molecular weight is 270 g/mol. The van der Waals surface area contributed by atoms with Crippen LogP contribution in [0, 0.1) is 0 Å². The quantitative estimate of drug-likeness (QED) is 0.907. The predicted molar refractivity (Wildman–Crippen MR) is 76.2 cm³/mol. The van der Waals surface area contributed by atoms with E-state index in [9.17, 15) is 0 Å². The van der Waals surface area contributed by atoms with Gasteiger partial charge in [-0.2, -0.15) is 23.5 Å². The van der Waals surface area contributed by atoms with Gasteiger partial charge in [-0.25, -0.2) is 0 Å². The Balaban J connectivity index is 2.15. The Hall–Kier alpha value is -0.390. The second-order valence-corrected chi connectivity index (χ2v) is 6.41. The van der Waals surface area contributed by atoms with E-state index in [2.05, 4.69) is 28.1 Å². The zero-order valence-corrected chi connectivity index (χ0v) is 11.8. The van der Waals surface area contributed by atoms with E-state index in [1.807, 2.05) is 25.0 Å². The minimum atomic E-state index is 0.357. The van der Waals surface area contributed by atoms with Crippen LogP contribution in [0.1, 0.15) is 11.6 Å². The van der Waals surface area contributed by atoms with Gasteiger partial charge in [0.1, 0.15) is 5.75 Å². The maximum atomic E-state index is 5.23. The molecule has 94 valence electrons. The average Bonchev–Trinajstić information content (AvgIpc) is 2.41. The molecule has 1 aliphatic rings. The molecule has 1 N–H and O–H groups in total. The third-order valence-corrected chi connectivity index (χ3v) is 5.72. The number of nitrogens with one attached hydrogen (secondary N) is 1. The van der Waals surface area contributed by atoms with Gasteiger partial charge in [-0.3, -0.25) is 4.98 Å². The van der Waals surface area contributed by atoms with E-state index in [0.29, 0.717) is 11.3 Å². The largest absolute Gasteiger partial charge is 0.495 e. The zero-order valence-electron chi connectivity index (χ0n) is 10.2. The van der Waals surface area contributed by atoms with Gasteiger partial charge in [0.25, 0.3) is 0 Å². The van der Waals surface area contributed by atoms with Crippen LogP contribution in [0.15, 0.2) is 18.5 Å². The van der Waals surface area contributed by atoms with Crippen molar-refractivity contribution in [2.75, 3.05) is 31.4 Å². The third kappa shape index (κ3) is 3.30. The minimum Gasteiger partial charge on any atom is -0.495 e. The minimum absolute atomic E-state index is 0.357. The molecule has 3 nitrogen and oxygen atoms in total. The number of hydrogen-bond donors (Lipinski definition) is 1. The first-order valence-corrected chi connectivity index (χ1v) is 7.91. The van der Waals surface area contributed by atoms with Crippen molar-refractivity contribution in [3.63, 3.8) is 0 Å². The second-order valence-electron chi connectivity index (χ2n) is 3.91. The summed E-state index contributed by atoms with van der Waals surface area (Å²) >= 11 is 4.09. The summed E-state index contributed by atoms with van der Waals surface area (Å²) in [6.07, 6.45) is 3.68. The van der Waals surface area contributed by atoms with Gasteiger partial charge in [0.2, 0.25) is 0 Å². The van der Waals surface area contributed by atoms with Gasteiger partial charge in [-0.1, -0.05) is 0 Å². The van der Waals surface area contributed by atoms with E-state index in [1.54, 1.807) is 13.3 Å². The normalized spacial score (nSPS) is 22.1. The van der Waals surface area contributed by atoms with Crippen molar-refractivity contribution in [1.29, 1.82) is 0 Å². The van der Waals surface area contributed by atoms with Crippen molar-refractivity contribution in [2.24, 2.45) is 0 Å². The van der Waals surface area contributed by atoms with Gasteiger partial charge in [0.05, 0.1) is 13.3 Å². The molecular weight excluding hydrogens is 252 g/mol. The van der Waals surface area contributed by atoms with Crippen molar-refractivity contribution in [3.8, 4) is 5.75 Å². The Labute approximate surface area is 111 Å². The Morgan fingerprint density at radius 1 is 1.47 bits per heavy atom. The molecule has 0 saturated carbocycles. The van der Waals surface area contributed by atoms with Gasteiger partial charge in [0.15, 0.2) is 0 Å². The first-order valence-electron chi connectivity index (χ1n) is 5.70. The Bertz CT molecular complexity index is 356. The lowest BCUT2D eigenvalue weighted by Gasteiger charge is -2.29. The van der Waals surface area contributed by atoms with Crippen molar-refractivity contribution < 1.29 is 4.74 Å². The van der Waals surface area contributed by atoms with Crippen molar-refractivity contribution in [1.82, 2.24) is 10.3 Å². The highest BCUT2D eigenvalue weighted by atomic mass is 32.2. The van der Waals surface area contributed by atoms with Crippen LogP contribution in [0.5, 0.6) is 5.75 Å². The first kappa shape index (κ1) is 13.1. The maximum absolute atomic E-state index is 5.23. The summed E-state index contributed by atoms with van der Waals surface area (Å²) in [6.45, 7) is 0. The van der Waals surface area contributed by atoms with Crippen molar-refractivity contribution in [3.05, 3.63) is 24.0 Å². The summed E-state index contributed by atoms with van der Waals surface area (Å²) in [7, 11) is 3.70. The summed E-state index contributed by atoms with van der Waals surface area (Å²) in [5.41, 5.74) is 1.21. The lowest BCUT2D eigenvalue weighted by Crippen LogP contribution is -2.31. The van der Waals surface area contributed by atoms with E-state index in [1.165, 1.54) is 22.8 Å². The Morgan fingerprint density at radius 3 is 3.00 bits per heavy atom. The van der Waals surface area contributed by atoms with Crippen LogP contribution in [-0.2, 0) is 0 Å². The standard InChI is InChI=1S/C12H18N2OS2/c1-13-12(11-8-16-3-4-17-11)9-5-10(15-2)7-14-6-9/h5-7,11-13H,3-4,8H2,1-2H3. The highest BCUT2D eigenvalue weighted by Crippen LogP contribution is 2.33. The van der Waals surface area contributed by atoms with Crippen LogP contribution in [0.3, 0.4) is 0 Å². The summed E-state index contributed by atoms with van der Waals surface area (Å²) in [6, 6.07) is 2.43. The molecule has 1 aromatic rings. The summed E-state index contributed by atoms with van der Waals surface area (Å²) in [5.74, 6) is 4.54. The monoisotopic (exact) mass is 270 g/mol. The molecule has 1 fully saturated rings. The topological polar surface area (TPSA) is 34.2 Å². The van der Waals surface area contributed by atoms with Gasteiger partial charge in [0, 0.05) is 34.7 Å². The van der Waals surface area contributed by atoms with E-state index < -0.39 is 0 Å². The second kappa shape index (κ2) is 6.52.